The molecule has 3 nitrogen and oxygen atoms in total. The average molecular weight is 206 g/mol. The standard InChI is InChI=1S/C12H18N2O/c1-13(2)10-12(15)14(3)9-11-7-5-4-6-8-11/h4-8H,9-10H2,1-3H3. The Balaban J connectivity index is 2.49. The van der Waals surface area contributed by atoms with Gasteiger partial charge in [0.15, 0.2) is 0 Å². The molecule has 0 saturated heterocycles. The molecular weight excluding hydrogens is 188 g/mol. The average Bonchev–Trinajstić information content (AvgIpc) is 2.18. The van der Waals surface area contributed by atoms with Crippen LogP contribution in [-0.2, 0) is 11.3 Å². The Morgan fingerprint density at radius 2 is 1.73 bits per heavy atom. The lowest BCUT2D eigenvalue weighted by molar-refractivity contribution is -0.131. The number of amides is 1. The molecule has 0 aromatic heterocycles. The Labute approximate surface area is 91.3 Å². The van der Waals surface area contributed by atoms with Crippen LogP contribution in [0.5, 0.6) is 0 Å². The summed E-state index contributed by atoms with van der Waals surface area (Å²) in [5.74, 6) is 0.142. The topological polar surface area (TPSA) is 23.6 Å². The number of rotatable bonds is 4. The van der Waals surface area contributed by atoms with E-state index in [4.69, 9.17) is 0 Å². The second-order valence-electron chi connectivity index (χ2n) is 3.97. The van der Waals surface area contributed by atoms with Crippen molar-refractivity contribution in [2.24, 2.45) is 0 Å². The van der Waals surface area contributed by atoms with Gasteiger partial charge in [-0.1, -0.05) is 30.3 Å². The zero-order valence-corrected chi connectivity index (χ0v) is 9.60. The van der Waals surface area contributed by atoms with E-state index < -0.39 is 0 Å². The van der Waals surface area contributed by atoms with E-state index in [1.54, 1.807) is 4.90 Å². The molecule has 0 aliphatic heterocycles. The first-order valence-corrected chi connectivity index (χ1v) is 5.02. The third kappa shape index (κ3) is 4.13. The van der Waals surface area contributed by atoms with Crippen LogP contribution in [0.2, 0.25) is 0 Å². The summed E-state index contributed by atoms with van der Waals surface area (Å²) >= 11 is 0. The second-order valence-corrected chi connectivity index (χ2v) is 3.97. The highest BCUT2D eigenvalue weighted by atomic mass is 16.2. The Hall–Kier alpha value is -1.35. The molecule has 0 heterocycles. The van der Waals surface area contributed by atoms with Crippen LogP contribution in [0.3, 0.4) is 0 Å². The van der Waals surface area contributed by atoms with Gasteiger partial charge in [0.1, 0.15) is 0 Å². The van der Waals surface area contributed by atoms with Gasteiger partial charge in [0.25, 0.3) is 0 Å². The highest BCUT2D eigenvalue weighted by molar-refractivity contribution is 5.77. The number of carbonyl (C=O) groups is 1. The minimum absolute atomic E-state index is 0.142. The van der Waals surface area contributed by atoms with E-state index in [9.17, 15) is 4.79 Å². The molecule has 0 atom stereocenters. The number of hydrogen-bond donors (Lipinski definition) is 0. The minimum atomic E-state index is 0.142. The van der Waals surface area contributed by atoms with Crippen LogP contribution < -0.4 is 0 Å². The van der Waals surface area contributed by atoms with Crippen molar-refractivity contribution < 1.29 is 4.79 Å². The molecule has 0 N–H and O–H groups in total. The third-order valence-corrected chi connectivity index (χ3v) is 2.14. The molecule has 1 amide bonds. The minimum Gasteiger partial charge on any atom is -0.340 e. The van der Waals surface area contributed by atoms with Crippen molar-refractivity contribution in [3.05, 3.63) is 35.9 Å². The van der Waals surface area contributed by atoms with E-state index in [-0.39, 0.29) is 5.91 Å². The second kappa shape index (κ2) is 5.51. The van der Waals surface area contributed by atoms with Crippen molar-refractivity contribution in [3.8, 4) is 0 Å². The fraction of sp³-hybridized carbons (Fsp3) is 0.417. The van der Waals surface area contributed by atoms with E-state index in [1.807, 2.05) is 56.4 Å². The summed E-state index contributed by atoms with van der Waals surface area (Å²) in [6.07, 6.45) is 0. The molecule has 0 radical (unpaired) electrons. The van der Waals surface area contributed by atoms with Crippen molar-refractivity contribution >= 4 is 5.91 Å². The highest BCUT2D eigenvalue weighted by Gasteiger charge is 2.09. The van der Waals surface area contributed by atoms with E-state index >= 15 is 0 Å². The smallest absolute Gasteiger partial charge is 0.236 e. The zero-order chi connectivity index (χ0) is 11.3. The zero-order valence-electron chi connectivity index (χ0n) is 9.60. The van der Waals surface area contributed by atoms with Crippen molar-refractivity contribution in [2.75, 3.05) is 27.7 Å². The molecule has 0 unspecified atom stereocenters. The summed E-state index contributed by atoms with van der Waals surface area (Å²) < 4.78 is 0. The molecule has 3 heteroatoms. The SMILES string of the molecule is CN(C)CC(=O)N(C)Cc1ccccc1. The first kappa shape index (κ1) is 11.7. The summed E-state index contributed by atoms with van der Waals surface area (Å²) in [6, 6.07) is 10.0. The fourth-order valence-corrected chi connectivity index (χ4v) is 1.34. The normalized spacial score (nSPS) is 10.4. The monoisotopic (exact) mass is 206 g/mol. The Morgan fingerprint density at radius 1 is 1.13 bits per heavy atom. The van der Waals surface area contributed by atoms with Crippen LogP contribution in [-0.4, -0.2) is 43.4 Å². The Morgan fingerprint density at radius 3 is 2.27 bits per heavy atom. The summed E-state index contributed by atoms with van der Waals surface area (Å²) in [5.41, 5.74) is 1.16. The van der Waals surface area contributed by atoms with E-state index in [2.05, 4.69) is 0 Å². The van der Waals surface area contributed by atoms with Gasteiger partial charge in [-0.05, 0) is 19.7 Å². The number of benzene rings is 1. The Bertz CT molecular complexity index is 309. The molecule has 82 valence electrons. The summed E-state index contributed by atoms with van der Waals surface area (Å²) in [7, 11) is 5.63. The van der Waals surface area contributed by atoms with Crippen LogP contribution in [0.4, 0.5) is 0 Å². The summed E-state index contributed by atoms with van der Waals surface area (Å²) in [5, 5.41) is 0. The maximum absolute atomic E-state index is 11.6. The number of hydrogen-bond acceptors (Lipinski definition) is 2. The molecule has 1 aromatic rings. The van der Waals surface area contributed by atoms with Crippen molar-refractivity contribution in [3.63, 3.8) is 0 Å². The fourth-order valence-electron chi connectivity index (χ4n) is 1.34. The van der Waals surface area contributed by atoms with Crippen LogP contribution >= 0.6 is 0 Å². The predicted molar refractivity (Wildman–Crippen MR) is 61.5 cm³/mol. The van der Waals surface area contributed by atoms with Crippen molar-refractivity contribution in [1.82, 2.24) is 9.80 Å². The maximum atomic E-state index is 11.6. The predicted octanol–water partition coefficient (Wildman–Crippen LogP) is 1.21. The van der Waals surface area contributed by atoms with Gasteiger partial charge in [0.05, 0.1) is 6.54 Å². The first-order chi connectivity index (χ1) is 7.09. The van der Waals surface area contributed by atoms with Crippen LogP contribution in [0.25, 0.3) is 0 Å². The number of nitrogens with zero attached hydrogens (tertiary/aromatic N) is 2. The van der Waals surface area contributed by atoms with E-state index in [0.717, 1.165) is 5.56 Å². The Kier molecular flexibility index (Phi) is 4.31. The maximum Gasteiger partial charge on any atom is 0.236 e. The quantitative estimate of drug-likeness (QED) is 0.739. The van der Waals surface area contributed by atoms with Gasteiger partial charge in [-0.15, -0.1) is 0 Å². The van der Waals surface area contributed by atoms with Crippen LogP contribution in [0.15, 0.2) is 30.3 Å². The molecule has 15 heavy (non-hydrogen) atoms. The molecule has 0 aliphatic rings. The van der Waals surface area contributed by atoms with E-state index in [1.165, 1.54) is 0 Å². The van der Waals surface area contributed by atoms with E-state index in [0.29, 0.717) is 13.1 Å². The first-order valence-electron chi connectivity index (χ1n) is 5.02. The number of carbonyl (C=O) groups excluding carboxylic acids is 1. The lowest BCUT2D eigenvalue weighted by Crippen LogP contribution is -2.34. The molecule has 0 aliphatic carbocycles. The van der Waals surface area contributed by atoms with Crippen LogP contribution in [0, 0.1) is 0 Å². The van der Waals surface area contributed by atoms with Gasteiger partial charge in [-0.25, -0.2) is 0 Å². The van der Waals surface area contributed by atoms with Gasteiger partial charge < -0.3 is 9.80 Å². The van der Waals surface area contributed by atoms with Gasteiger partial charge in [-0.3, -0.25) is 4.79 Å². The molecule has 0 saturated carbocycles. The van der Waals surface area contributed by atoms with Gasteiger partial charge >= 0.3 is 0 Å². The molecule has 0 bridgehead atoms. The van der Waals surface area contributed by atoms with Gasteiger partial charge in [-0.2, -0.15) is 0 Å². The lowest BCUT2D eigenvalue weighted by Gasteiger charge is -2.19. The summed E-state index contributed by atoms with van der Waals surface area (Å²) in [6.45, 7) is 1.14. The third-order valence-electron chi connectivity index (χ3n) is 2.14. The largest absolute Gasteiger partial charge is 0.340 e. The van der Waals surface area contributed by atoms with Crippen molar-refractivity contribution in [1.29, 1.82) is 0 Å². The van der Waals surface area contributed by atoms with Crippen LogP contribution in [0.1, 0.15) is 5.56 Å². The van der Waals surface area contributed by atoms with Gasteiger partial charge in [0, 0.05) is 13.6 Å². The van der Waals surface area contributed by atoms with Gasteiger partial charge in [0.2, 0.25) is 5.91 Å². The van der Waals surface area contributed by atoms with Crippen molar-refractivity contribution in [2.45, 2.75) is 6.54 Å². The molecular formula is C12H18N2O. The molecule has 1 aromatic carbocycles. The molecule has 1 rings (SSSR count). The lowest BCUT2D eigenvalue weighted by atomic mass is 10.2. The molecule has 0 fully saturated rings. The number of likely N-dealkylation sites (N-methyl/N-ethyl adjacent to an activating group) is 2. The summed E-state index contributed by atoms with van der Waals surface area (Å²) in [4.78, 5) is 15.3. The highest BCUT2D eigenvalue weighted by Crippen LogP contribution is 2.02. The molecule has 0 spiro atoms.